The molecule has 1 aromatic carbocycles. The largest absolute Gasteiger partial charge is 0.352 e. The van der Waals surface area contributed by atoms with Gasteiger partial charge in [-0.3, -0.25) is 0 Å². The Morgan fingerprint density at radius 3 is 2.74 bits per heavy atom. The summed E-state index contributed by atoms with van der Waals surface area (Å²) < 4.78 is 5.01. The highest BCUT2D eigenvalue weighted by Gasteiger charge is 2.04. The topological polar surface area (TPSA) is 89.6 Å². The average Bonchev–Trinajstić information content (AvgIpc) is 2.84. The molecule has 3 rings (SSSR count). The smallest absolute Gasteiger partial charge is 0.243 e. The standard InChI is InChI=1S/C12H12N6O/c1-8-14-11(19-18-8)6-7-13-12-15-9-4-2-3-5-10(9)16-17-12/h2-5H,6-7H2,1H3,(H,13,15,17). The van der Waals surface area contributed by atoms with Crippen molar-refractivity contribution in [1.29, 1.82) is 0 Å². The Labute approximate surface area is 109 Å². The van der Waals surface area contributed by atoms with Gasteiger partial charge in [-0.25, -0.2) is 4.98 Å². The number of nitrogens with zero attached hydrogens (tertiary/aromatic N) is 5. The van der Waals surface area contributed by atoms with Crippen LogP contribution in [0, 0.1) is 6.92 Å². The van der Waals surface area contributed by atoms with Crippen LogP contribution in [-0.4, -0.2) is 31.9 Å². The first-order chi connectivity index (χ1) is 9.31. The minimum Gasteiger partial charge on any atom is -0.352 e. The number of fused-ring (bicyclic) bond motifs is 1. The Balaban J connectivity index is 1.65. The summed E-state index contributed by atoms with van der Waals surface area (Å²) in [5.74, 6) is 1.73. The molecular formula is C12H12N6O. The summed E-state index contributed by atoms with van der Waals surface area (Å²) in [5.41, 5.74) is 1.59. The highest BCUT2D eigenvalue weighted by molar-refractivity contribution is 5.73. The van der Waals surface area contributed by atoms with Gasteiger partial charge in [-0.1, -0.05) is 17.3 Å². The van der Waals surface area contributed by atoms with Gasteiger partial charge in [-0.2, -0.15) is 4.98 Å². The first-order valence-electron chi connectivity index (χ1n) is 5.94. The van der Waals surface area contributed by atoms with Crippen LogP contribution in [0.15, 0.2) is 28.8 Å². The second-order valence-corrected chi connectivity index (χ2v) is 4.04. The fourth-order valence-electron chi connectivity index (χ4n) is 1.68. The van der Waals surface area contributed by atoms with E-state index in [9.17, 15) is 0 Å². The zero-order valence-corrected chi connectivity index (χ0v) is 10.4. The maximum atomic E-state index is 5.01. The van der Waals surface area contributed by atoms with Gasteiger partial charge >= 0.3 is 0 Å². The number of para-hydroxylation sites is 1. The molecule has 0 saturated carbocycles. The molecule has 7 nitrogen and oxygen atoms in total. The van der Waals surface area contributed by atoms with Crippen LogP contribution in [0.25, 0.3) is 11.0 Å². The summed E-state index contributed by atoms with van der Waals surface area (Å²) in [6, 6.07) is 7.60. The Bertz CT molecular complexity index is 695. The lowest BCUT2D eigenvalue weighted by molar-refractivity contribution is 0.377. The molecule has 19 heavy (non-hydrogen) atoms. The van der Waals surface area contributed by atoms with E-state index in [-0.39, 0.29) is 0 Å². The monoisotopic (exact) mass is 256 g/mol. The maximum Gasteiger partial charge on any atom is 0.243 e. The van der Waals surface area contributed by atoms with E-state index in [1.54, 1.807) is 6.92 Å². The molecule has 1 N–H and O–H groups in total. The van der Waals surface area contributed by atoms with Gasteiger partial charge in [-0.05, 0) is 19.1 Å². The molecule has 0 spiro atoms. The molecule has 2 heterocycles. The molecule has 96 valence electrons. The van der Waals surface area contributed by atoms with Crippen LogP contribution in [0.2, 0.25) is 0 Å². The molecule has 0 saturated heterocycles. The van der Waals surface area contributed by atoms with Gasteiger partial charge in [0.05, 0.1) is 5.52 Å². The van der Waals surface area contributed by atoms with E-state index in [2.05, 4.69) is 30.6 Å². The summed E-state index contributed by atoms with van der Waals surface area (Å²) in [4.78, 5) is 8.48. The van der Waals surface area contributed by atoms with E-state index in [1.165, 1.54) is 0 Å². The van der Waals surface area contributed by atoms with Crippen LogP contribution in [0.5, 0.6) is 0 Å². The summed E-state index contributed by atoms with van der Waals surface area (Å²) in [6.07, 6.45) is 0.622. The first kappa shape index (κ1) is 11.5. The Kier molecular flexibility index (Phi) is 3.01. The first-order valence-corrected chi connectivity index (χ1v) is 5.94. The van der Waals surface area contributed by atoms with Crippen LogP contribution >= 0.6 is 0 Å². The fraction of sp³-hybridized carbons (Fsp3) is 0.250. The summed E-state index contributed by atoms with van der Waals surface area (Å²) in [7, 11) is 0. The van der Waals surface area contributed by atoms with E-state index in [0.717, 1.165) is 11.0 Å². The van der Waals surface area contributed by atoms with Crippen molar-refractivity contribution >= 4 is 17.0 Å². The molecule has 7 heteroatoms. The third-order valence-corrected chi connectivity index (χ3v) is 2.55. The third kappa shape index (κ3) is 2.65. The zero-order chi connectivity index (χ0) is 13.1. The highest BCUT2D eigenvalue weighted by atomic mass is 16.5. The lowest BCUT2D eigenvalue weighted by atomic mass is 10.3. The van der Waals surface area contributed by atoms with Crippen molar-refractivity contribution < 1.29 is 4.52 Å². The molecule has 0 bridgehead atoms. The Morgan fingerprint density at radius 1 is 1.11 bits per heavy atom. The lowest BCUT2D eigenvalue weighted by Crippen LogP contribution is -2.09. The predicted molar refractivity (Wildman–Crippen MR) is 68.6 cm³/mol. The van der Waals surface area contributed by atoms with Gasteiger partial charge in [0.2, 0.25) is 11.8 Å². The molecule has 0 atom stereocenters. The summed E-state index contributed by atoms with van der Waals surface area (Å²) >= 11 is 0. The Morgan fingerprint density at radius 2 is 1.95 bits per heavy atom. The van der Waals surface area contributed by atoms with Crippen molar-refractivity contribution in [3.05, 3.63) is 36.0 Å². The van der Waals surface area contributed by atoms with Crippen molar-refractivity contribution in [2.75, 3.05) is 11.9 Å². The fourth-order valence-corrected chi connectivity index (χ4v) is 1.68. The van der Waals surface area contributed by atoms with E-state index in [0.29, 0.717) is 30.6 Å². The third-order valence-electron chi connectivity index (χ3n) is 2.55. The second kappa shape index (κ2) is 4.97. The number of aromatic nitrogens is 5. The maximum absolute atomic E-state index is 5.01. The molecule has 0 amide bonds. The van der Waals surface area contributed by atoms with Crippen LogP contribution in [0.4, 0.5) is 5.95 Å². The number of rotatable bonds is 4. The normalized spacial score (nSPS) is 10.8. The number of benzene rings is 1. The molecule has 0 fully saturated rings. The van der Waals surface area contributed by atoms with Gasteiger partial charge < -0.3 is 9.84 Å². The lowest BCUT2D eigenvalue weighted by Gasteiger charge is -2.02. The van der Waals surface area contributed by atoms with Crippen molar-refractivity contribution in [2.24, 2.45) is 0 Å². The summed E-state index contributed by atoms with van der Waals surface area (Å²) in [6.45, 7) is 2.40. The summed E-state index contributed by atoms with van der Waals surface area (Å²) in [5, 5.41) is 14.9. The molecule has 3 aromatic rings. The molecule has 2 aromatic heterocycles. The molecular weight excluding hydrogens is 244 g/mol. The van der Waals surface area contributed by atoms with Crippen molar-refractivity contribution in [2.45, 2.75) is 13.3 Å². The van der Waals surface area contributed by atoms with Crippen LogP contribution in [-0.2, 0) is 6.42 Å². The molecule has 0 radical (unpaired) electrons. The Hall–Kier alpha value is -2.57. The molecule has 0 aliphatic carbocycles. The SMILES string of the molecule is Cc1noc(CCNc2nnc3ccccc3n2)n1. The number of nitrogens with one attached hydrogen (secondary N) is 1. The van der Waals surface area contributed by atoms with Crippen LogP contribution in [0.1, 0.15) is 11.7 Å². The van der Waals surface area contributed by atoms with Gasteiger partial charge in [0.15, 0.2) is 5.82 Å². The number of anilines is 1. The van der Waals surface area contributed by atoms with Crippen molar-refractivity contribution in [3.8, 4) is 0 Å². The van der Waals surface area contributed by atoms with Gasteiger partial charge in [0.25, 0.3) is 0 Å². The number of hydrogen-bond donors (Lipinski definition) is 1. The van der Waals surface area contributed by atoms with E-state index in [4.69, 9.17) is 4.52 Å². The minimum absolute atomic E-state index is 0.495. The van der Waals surface area contributed by atoms with E-state index < -0.39 is 0 Å². The van der Waals surface area contributed by atoms with Crippen molar-refractivity contribution in [3.63, 3.8) is 0 Å². The molecule has 0 aliphatic rings. The molecule has 0 aliphatic heterocycles. The van der Waals surface area contributed by atoms with Gasteiger partial charge in [0.1, 0.15) is 5.52 Å². The predicted octanol–water partition coefficient (Wildman–Crippen LogP) is 1.37. The van der Waals surface area contributed by atoms with Crippen LogP contribution in [0.3, 0.4) is 0 Å². The van der Waals surface area contributed by atoms with Gasteiger partial charge in [-0.15, -0.1) is 10.2 Å². The number of hydrogen-bond acceptors (Lipinski definition) is 7. The van der Waals surface area contributed by atoms with Gasteiger partial charge in [0, 0.05) is 13.0 Å². The number of aryl methyl sites for hydroxylation is 1. The minimum atomic E-state index is 0.495. The van der Waals surface area contributed by atoms with E-state index in [1.807, 2.05) is 24.3 Å². The highest BCUT2D eigenvalue weighted by Crippen LogP contribution is 2.08. The average molecular weight is 256 g/mol. The quantitative estimate of drug-likeness (QED) is 0.753. The van der Waals surface area contributed by atoms with Crippen LogP contribution < -0.4 is 5.32 Å². The zero-order valence-electron chi connectivity index (χ0n) is 10.4. The second-order valence-electron chi connectivity index (χ2n) is 4.04. The van der Waals surface area contributed by atoms with Crippen molar-refractivity contribution in [1.82, 2.24) is 25.3 Å². The molecule has 0 unspecified atom stereocenters. The van der Waals surface area contributed by atoms with E-state index >= 15 is 0 Å².